The topological polar surface area (TPSA) is 54.8 Å². The highest BCUT2D eigenvalue weighted by Gasteiger charge is 2.17. The molecule has 0 saturated heterocycles. The number of nitrogens with two attached hydrogens (primary N) is 1. The SMILES string of the molecule is NC1=NCN(CCc2ccc(-c3ccccc3)o2)c2ccccc21. The zero-order valence-corrected chi connectivity index (χ0v) is 13.4. The Bertz CT molecular complexity index is 867. The van der Waals surface area contributed by atoms with Gasteiger partial charge in [-0.1, -0.05) is 42.5 Å². The number of hydrogen-bond acceptors (Lipinski definition) is 4. The molecule has 0 unspecified atom stereocenters. The molecule has 2 heterocycles. The molecule has 0 fully saturated rings. The molecule has 4 rings (SSSR count). The summed E-state index contributed by atoms with van der Waals surface area (Å²) in [6.07, 6.45) is 0.830. The molecule has 0 aliphatic carbocycles. The van der Waals surface area contributed by atoms with Crippen LogP contribution in [-0.2, 0) is 6.42 Å². The summed E-state index contributed by atoms with van der Waals surface area (Å²) in [4.78, 5) is 6.64. The third kappa shape index (κ3) is 2.78. The first-order chi connectivity index (χ1) is 11.8. The van der Waals surface area contributed by atoms with Crippen molar-refractivity contribution < 1.29 is 4.42 Å². The van der Waals surface area contributed by atoms with Gasteiger partial charge in [-0.25, -0.2) is 4.99 Å². The lowest BCUT2D eigenvalue weighted by Gasteiger charge is -2.28. The predicted octanol–water partition coefficient (Wildman–Crippen LogP) is 3.67. The first-order valence-electron chi connectivity index (χ1n) is 8.10. The standard InChI is InChI=1S/C20H19N3O/c21-20-17-8-4-5-9-18(17)23(14-22-20)13-12-16-10-11-19(24-16)15-6-2-1-3-7-15/h1-11H,12-14H2,(H2,21,22). The van der Waals surface area contributed by atoms with Gasteiger partial charge >= 0.3 is 0 Å². The van der Waals surface area contributed by atoms with Gasteiger partial charge in [0.1, 0.15) is 24.0 Å². The van der Waals surface area contributed by atoms with Crippen molar-refractivity contribution in [2.75, 3.05) is 18.1 Å². The number of fused-ring (bicyclic) bond motifs is 1. The summed E-state index contributed by atoms with van der Waals surface area (Å²) in [6, 6.07) is 22.4. The van der Waals surface area contributed by atoms with Gasteiger partial charge in [-0.15, -0.1) is 0 Å². The Hall–Kier alpha value is -3.01. The zero-order chi connectivity index (χ0) is 16.4. The molecule has 2 aromatic carbocycles. The molecule has 1 aliphatic heterocycles. The van der Waals surface area contributed by atoms with Crippen LogP contribution in [0.15, 0.2) is 76.1 Å². The van der Waals surface area contributed by atoms with Crippen molar-refractivity contribution in [3.05, 3.63) is 78.1 Å². The van der Waals surface area contributed by atoms with Crippen molar-refractivity contribution in [2.24, 2.45) is 10.7 Å². The maximum atomic E-state index is 5.99. The number of nitrogens with zero attached hydrogens (tertiary/aromatic N) is 2. The largest absolute Gasteiger partial charge is 0.461 e. The Morgan fingerprint density at radius 1 is 0.958 bits per heavy atom. The van der Waals surface area contributed by atoms with E-state index in [1.807, 2.05) is 42.5 Å². The van der Waals surface area contributed by atoms with Crippen LogP contribution >= 0.6 is 0 Å². The average Bonchev–Trinajstić information content (AvgIpc) is 3.11. The number of aliphatic imine (C=N–C) groups is 1. The molecule has 1 aromatic heterocycles. The van der Waals surface area contributed by atoms with E-state index in [1.165, 1.54) is 0 Å². The molecule has 1 aliphatic rings. The lowest BCUT2D eigenvalue weighted by atomic mass is 10.1. The minimum absolute atomic E-state index is 0.592. The molecular weight excluding hydrogens is 298 g/mol. The van der Waals surface area contributed by atoms with E-state index in [1.54, 1.807) is 0 Å². The van der Waals surface area contributed by atoms with Gasteiger partial charge in [0.05, 0.1) is 0 Å². The van der Waals surface area contributed by atoms with Crippen LogP contribution in [0.4, 0.5) is 5.69 Å². The van der Waals surface area contributed by atoms with Crippen molar-refractivity contribution in [1.82, 2.24) is 0 Å². The van der Waals surface area contributed by atoms with Gasteiger partial charge in [-0.05, 0) is 24.3 Å². The first-order valence-corrected chi connectivity index (χ1v) is 8.10. The summed E-state index contributed by atoms with van der Waals surface area (Å²) >= 11 is 0. The normalized spacial score (nSPS) is 13.5. The second-order valence-corrected chi connectivity index (χ2v) is 5.85. The number of para-hydroxylation sites is 1. The molecule has 120 valence electrons. The van der Waals surface area contributed by atoms with Crippen LogP contribution in [0, 0.1) is 0 Å². The monoisotopic (exact) mass is 317 g/mol. The molecule has 4 nitrogen and oxygen atoms in total. The van der Waals surface area contributed by atoms with E-state index in [-0.39, 0.29) is 0 Å². The molecule has 0 radical (unpaired) electrons. The summed E-state index contributed by atoms with van der Waals surface area (Å²) in [5.74, 6) is 2.51. The zero-order valence-electron chi connectivity index (χ0n) is 13.4. The number of amidine groups is 1. The Kier molecular flexibility index (Phi) is 3.79. The average molecular weight is 317 g/mol. The number of anilines is 1. The summed E-state index contributed by atoms with van der Waals surface area (Å²) in [7, 11) is 0. The van der Waals surface area contributed by atoms with E-state index in [0.717, 1.165) is 41.3 Å². The fourth-order valence-electron chi connectivity index (χ4n) is 3.00. The maximum Gasteiger partial charge on any atom is 0.134 e. The molecule has 2 N–H and O–H groups in total. The van der Waals surface area contributed by atoms with Crippen LogP contribution in [0.25, 0.3) is 11.3 Å². The Balaban J connectivity index is 1.48. The van der Waals surface area contributed by atoms with Crippen molar-refractivity contribution in [3.8, 4) is 11.3 Å². The van der Waals surface area contributed by atoms with Crippen molar-refractivity contribution in [1.29, 1.82) is 0 Å². The van der Waals surface area contributed by atoms with Crippen LogP contribution in [0.1, 0.15) is 11.3 Å². The highest BCUT2D eigenvalue weighted by atomic mass is 16.3. The van der Waals surface area contributed by atoms with Gasteiger partial charge in [-0.2, -0.15) is 0 Å². The number of furan rings is 1. The van der Waals surface area contributed by atoms with Crippen molar-refractivity contribution >= 4 is 11.5 Å². The number of benzene rings is 2. The molecule has 0 amide bonds. The molecular formula is C20H19N3O. The Labute approximate surface area is 141 Å². The second-order valence-electron chi connectivity index (χ2n) is 5.85. The minimum Gasteiger partial charge on any atom is -0.461 e. The van der Waals surface area contributed by atoms with Crippen LogP contribution in [0.2, 0.25) is 0 Å². The summed E-state index contributed by atoms with van der Waals surface area (Å²) in [5, 5.41) is 0. The van der Waals surface area contributed by atoms with E-state index in [0.29, 0.717) is 12.5 Å². The van der Waals surface area contributed by atoms with Gasteiger partial charge in [0, 0.05) is 29.8 Å². The van der Waals surface area contributed by atoms with Crippen LogP contribution < -0.4 is 10.6 Å². The first kappa shape index (κ1) is 14.6. The van der Waals surface area contributed by atoms with Crippen LogP contribution in [0.5, 0.6) is 0 Å². The second kappa shape index (κ2) is 6.24. The fourth-order valence-corrected chi connectivity index (χ4v) is 3.00. The van der Waals surface area contributed by atoms with Gasteiger partial charge < -0.3 is 15.1 Å². The molecule has 0 atom stereocenters. The van der Waals surface area contributed by atoms with Gasteiger partial charge in [0.2, 0.25) is 0 Å². The van der Waals surface area contributed by atoms with Gasteiger partial charge in [0.15, 0.2) is 0 Å². The third-order valence-corrected chi connectivity index (χ3v) is 4.28. The highest BCUT2D eigenvalue weighted by molar-refractivity contribution is 6.03. The van der Waals surface area contributed by atoms with Crippen molar-refractivity contribution in [3.63, 3.8) is 0 Å². The lowest BCUT2D eigenvalue weighted by Crippen LogP contribution is -2.34. The van der Waals surface area contributed by atoms with Gasteiger partial charge in [0.25, 0.3) is 0 Å². The summed E-state index contributed by atoms with van der Waals surface area (Å²) in [5.41, 5.74) is 9.24. The van der Waals surface area contributed by atoms with E-state index in [9.17, 15) is 0 Å². The smallest absolute Gasteiger partial charge is 0.134 e. The fraction of sp³-hybridized carbons (Fsp3) is 0.150. The molecule has 0 spiro atoms. The quantitative estimate of drug-likeness (QED) is 0.799. The Morgan fingerprint density at radius 3 is 2.62 bits per heavy atom. The van der Waals surface area contributed by atoms with Crippen LogP contribution in [0.3, 0.4) is 0 Å². The minimum atomic E-state index is 0.592. The van der Waals surface area contributed by atoms with Gasteiger partial charge in [-0.3, -0.25) is 0 Å². The molecule has 24 heavy (non-hydrogen) atoms. The maximum absolute atomic E-state index is 5.99. The Morgan fingerprint density at radius 2 is 1.75 bits per heavy atom. The lowest BCUT2D eigenvalue weighted by molar-refractivity contribution is 0.519. The van der Waals surface area contributed by atoms with E-state index in [2.05, 4.69) is 34.2 Å². The number of hydrogen-bond donors (Lipinski definition) is 1. The number of rotatable bonds is 4. The predicted molar refractivity (Wildman–Crippen MR) is 97.2 cm³/mol. The van der Waals surface area contributed by atoms with Crippen molar-refractivity contribution in [2.45, 2.75) is 6.42 Å². The van der Waals surface area contributed by atoms with E-state index >= 15 is 0 Å². The van der Waals surface area contributed by atoms with E-state index in [4.69, 9.17) is 10.2 Å². The molecule has 4 heteroatoms. The highest BCUT2D eigenvalue weighted by Crippen LogP contribution is 2.25. The molecule has 0 bridgehead atoms. The third-order valence-electron chi connectivity index (χ3n) is 4.28. The molecule has 0 saturated carbocycles. The summed E-state index contributed by atoms with van der Waals surface area (Å²) in [6.45, 7) is 1.44. The van der Waals surface area contributed by atoms with Crippen LogP contribution in [-0.4, -0.2) is 19.0 Å². The molecule has 3 aromatic rings. The summed E-state index contributed by atoms with van der Waals surface area (Å²) < 4.78 is 5.98. The van der Waals surface area contributed by atoms with E-state index < -0.39 is 0 Å².